The lowest BCUT2D eigenvalue weighted by atomic mass is 10.1. The molecule has 0 aromatic heterocycles. The van der Waals surface area contributed by atoms with Gasteiger partial charge in [0.05, 0.1) is 9.40 Å². The molecule has 20 heavy (non-hydrogen) atoms. The molecule has 0 aliphatic rings. The smallest absolute Gasteiger partial charge is 0.283 e. The summed E-state index contributed by atoms with van der Waals surface area (Å²) in [6, 6.07) is 9.41. The fourth-order valence-electron chi connectivity index (χ4n) is 1.83. The Balaban J connectivity index is 2.15. The minimum Gasteiger partial charge on any atom is -0.381 e. The predicted molar refractivity (Wildman–Crippen MR) is 79.3 cm³/mol. The van der Waals surface area contributed by atoms with Crippen molar-refractivity contribution in [3.63, 3.8) is 0 Å². The molecule has 0 heterocycles. The van der Waals surface area contributed by atoms with E-state index in [2.05, 4.69) is 21.2 Å². The van der Waals surface area contributed by atoms with E-state index in [-0.39, 0.29) is 11.5 Å². The lowest BCUT2D eigenvalue weighted by Crippen LogP contribution is -2.02. The average Bonchev–Trinajstić information content (AvgIpc) is 2.39. The SMILES string of the molecule is Cc1cc(F)ccc1NCc1ccc(Br)c([N+](=O)[O-])c1. The van der Waals surface area contributed by atoms with Crippen molar-refractivity contribution in [2.24, 2.45) is 0 Å². The number of aryl methyl sites for hydroxylation is 1. The topological polar surface area (TPSA) is 55.2 Å². The lowest BCUT2D eigenvalue weighted by molar-refractivity contribution is -0.385. The Morgan fingerprint density at radius 1 is 1.30 bits per heavy atom. The standard InChI is InChI=1S/C14H12BrFN2O2/c1-9-6-11(16)3-5-13(9)17-8-10-2-4-12(15)14(7-10)18(19)20/h2-7,17H,8H2,1H3. The van der Waals surface area contributed by atoms with Crippen LogP contribution < -0.4 is 5.32 Å². The molecular formula is C14H12BrFN2O2. The summed E-state index contributed by atoms with van der Waals surface area (Å²) in [6.07, 6.45) is 0. The summed E-state index contributed by atoms with van der Waals surface area (Å²) in [7, 11) is 0. The first-order valence-electron chi connectivity index (χ1n) is 5.90. The van der Waals surface area contributed by atoms with Crippen LogP contribution in [0.1, 0.15) is 11.1 Å². The molecule has 0 amide bonds. The van der Waals surface area contributed by atoms with Crippen molar-refractivity contribution in [1.82, 2.24) is 0 Å². The summed E-state index contributed by atoms with van der Waals surface area (Å²) in [5.41, 5.74) is 2.40. The maximum Gasteiger partial charge on any atom is 0.283 e. The largest absolute Gasteiger partial charge is 0.381 e. The number of anilines is 1. The molecule has 2 rings (SSSR count). The van der Waals surface area contributed by atoms with Gasteiger partial charge in [-0.2, -0.15) is 0 Å². The zero-order valence-corrected chi connectivity index (χ0v) is 12.3. The lowest BCUT2D eigenvalue weighted by Gasteiger charge is -2.10. The van der Waals surface area contributed by atoms with Gasteiger partial charge in [0, 0.05) is 18.3 Å². The van der Waals surface area contributed by atoms with Crippen LogP contribution in [0.15, 0.2) is 40.9 Å². The van der Waals surface area contributed by atoms with Crippen LogP contribution in [0.2, 0.25) is 0 Å². The van der Waals surface area contributed by atoms with E-state index in [1.165, 1.54) is 18.2 Å². The van der Waals surface area contributed by atoms with Crippen LogP contribution in [-0.2, 0) is 6.54 Å². The van der Waals surface area contributed by atoms with Crippen LogP contribution in [0, 0.1) is 22.9 Å². The first-order chi connectivity index (χ1) is 9.47. The van der Waals surface area contributed by atoms with Crippen LogP contribution in [0.25, 0.3) is 0 Å². The highest BCUT2D eigenvalue weighted by molar-refractivity contribution is 9.10. The van der Waals surface area contributed by atoms with E-state index in [1.807, 2.05) is 0 Å². The summed E-state index contributed by atoms with van der Waals surface area (Å²) in [6.45, 7) is 2.23. The van der Waals surface area contributed by atoms with Crippen molar-refractivity contribution in [3.05, 3.63) is 67.9 Å². The number of nitrogens with zero attached hydrogens (tertiary/aromatic N) is 1. The highest BCUT2D eigenvalue weighted by Crippen LogP contribution is 2.26. The first kappa shape index (κ1) is 14.5. The number of rotatable bonds is 4. The second-order valence-corrected chi connectivity index (χ2v) is 5.21. The van der Waals surface area contributed by atoms with E-state index in [1.54, 1.807) is 25.1 Å². The zero-order chi connectivity index (χ0) is 14.7. The third-order valence-electron chi connectivity index (χ3n) is 2.88. The van der Waals surface area contributed by atoms with Crippen molar-refractivity contribution >= 4 is 27.3 Å². The van der Waals surface area contributed by atoms with E-state index in [0.717, 1.165) is 16.8 Å². The molecular weight excluding hydrogens is 327 g/mol. The molecule has 0 fully saturated rings. The van der Waals surface area contributed by atoms with Crippen molar-refractivity contribution in [2.75, 3.05) is 5.32 Å². The third-order valence-corrected chi connectivity index (χ3v) is 3.55. The van der Waals surface area contributed by atoms with E-state index < -0.39 is 4.92 Å². The van der Waals surface area contributed by atoms with Gasteiger partial charge in [-0.3, -0.25) is 10.1 Å². The molecule has 6 heteroatoms. The summed E-state index contributed by atoms with van der Waals surface area (Å²) in [5, 5.41) is 14.0. The summed E-state index contributed by atoms with van der Waals surface area (Å²) < 4.78 is 13.4. The third kappa shape index (κ3) is 3.33. The number of nitro groups is 1. The number of hydrogen-bond acceptors (Lipinski definition) is 3. The minimum absolute atomic E-state index is 0.0279. The molecule has 0 saturated carbocycles. The van der Waals surface area contributed by atoms with Crippen LogP contribution >= 0.6 is 15.9 Å². The molecule has 0 radical (unpaired) electrons. The van der Waals surface area contributed by atoms with Gasteiger partial charge in [-0.05, 0) is 58.2 Å². The zero-order valence-electron chi connectivity index (χ0n) is 10.7. The molecule has 104 valence electrons. The Kier molecular flexibility index (Phi) is 4.34. The Hall–Kier alpha value is -1.95. The summed E-state index contributed by atoms with van der Waals surface area (Å²) in [4.78, 5) is 10.4. The fourth-order valence-corrected chi connectivity index (χ4v) is 2.22. The number of benzene rings is 2. The molecule has 2 aromatic rings. The second-order valence-electron chi connectivity index (χ2n) is 4.36. The van der Waals surface area contributed by atoms with Gasteiger partial charge in [0.2, 0.25) is 0 Å². The van der Waals surface area contributed by atoms with Gasteiger partial charge in [0.1, 0.15) is 5.82 Å². The van der Waals surface area contributed by atoms with Crippen molar-refractivity contribution in [3.8, 4) is 0 Å². The van der Waals surface area contributed by atoms with Crippen LogP contribution in [0.3, 0.4) is 0 Å². The molecule has 0 bridgehead atoms. The summed E-state index contributed by atoms with van der Waals surface area (Å²) in [5.74, 6) is -0.285. The number of halogens is 2. The van der Waals surface area contributed by atoms with Crippen LogP contribution in [0.5, 0.6) is 0 Å². The minimum atomic E-state index is -0.434. The van der Waals surface area contributed by atoms with Gasteiger partial charge in [-0.1, -0.05) is 6.07 Å². The number of hydrogen-bond donors (Lipinski definition) is 1. The van der Waals surface area contributed by atoms with Gasteiger partial charge in [0.25, 0.3) is 5.69 Å². The van der Waals surface area contributed by atoms with Gasteiger partial charge in [0.15, 0.2) is 0 Å². The molecule has 0 spiro atoms. The quantitative estimate of drug-likeness (QED) is 0.663. The van der Waals surface area contributed by atoms with Gasteiger partial charge < -0.3 is 5.32 Å². The maximum absolute atomic E-state index is 13.0. The van der Waals surface area contributed by atoms with E-state index in [4.69, 9.17) is 0 Å². The van der Waals surface area contributed by atoms with Crippen LogP contribution in [0.4, 0.5) is 15.8 Å². The average molecular weight is 339 g/mol. The number of nitro benzene ring substituents is 1. The first-order valence-corrected chi connectivity index (χ1v) is 6.69. The van der Waals surface area contributed by atoms with Gasteiger partial charge >= 0.3 is 0 Å². The Morgan fingerprint density at radius 2 is 2.05 bits per heavy atom. The summed E-state index contributed by atoms with van der Waals surface area (Å²) >= 11 is 3.14. The molecule has 1 N–H and O–H groups in total. The monoisotopic (exact) mass is 338 g/mol. The molecule has 0 aliphatic heterocycles. The predicted octanol–water partition coefficient (Wildman–Crippen LogP) is 4.42. The molecule has 0 unspecified atom stereocenters. The fraction of sp³-hybridized carbons (Fsp3) is 0.143. The van der Waals surface area contributed by atoms with Gasteiger partial charge in [-0.15, -0.1) is 0 Å². The van der Waals surface area contributed by atoms with E-state index in [9.17, 15) is 14.5 Å². The Morgan fingerprint density at radius 3 is 2.70 bits per heavy atom. The number of nitrogens with one attached hydrogen (secondary N) is 1. The molecule has 2 aromatic carbocycles. The van der Waals surface area contributed by atoms with Crippen molar-refractivity contribution in [2.45, 2.75) is 13.5 Å². The molecule has 4 nitrogen and oxygen atoms in total. The highest BCUT2D eigenvalue weighted by atomic mass is 79.9. The van der Waals surface area contributed by atoms with E-state index >= 15 is 0 Å². The van der Waals surface area contributed by atoms with E-state index in [0.29, 0.717) is 11.0 Å². The molecule has 0 aliphatic carbocycles. The van der Waals surface area contributed by atoms with Crippen molar-refractivity contribution in [1.29, 1.82) is 0 Å². The maximum atomic E-state index is 13.0. The normalized spacial score (nSPS) is 10.3. The highest BCUT2D eigenvalue weighted by Gasteiger charge is 2.12. The Bertz CT molecular complexity index is 662. The van der Waals surface area contributed by atoms with Crippen LogP contribution in [-0.4, -0.2) is 4.92 Å². The van der Waals surface area contributed by atoms with Crippen molar-refractivity contribution < 1.29 is 9.31 Å². The molecule has 0 atom stereocenters. The molecule has 0 saturated heterocycles. The second kappa shape index (κ2) is 6.00. The Labute approximate surface area is 123 Å². The van der Waals surface area contributed by atoms with Gasteiger partial charge in [-0.25, -0.2) is 4.39 Å².